The second kappa shape index (κ2) is 6.92. The number of halogens is 1. The molecule has 6 nitrogen and oxygen atoms in total. The van der Waals surface area contributed by atoms with Gasteiger partial charge in [-0.15, -0.1) is 0 Å². The minimum absolute atomic E-state index is 0.142. The van der Waals surface area contributed by atoms with Crippen molar-refractivity contribution in [2.75, 3.05) is 10.2 Å². The summed E-state index contributed by atoms with van der Waals surface area (Å²) in [6, 6.07) is 16.9. The Balaban J connectivity index is 1.54. The van der Waals surface area contributed by atoms with E-state index in [1.807, 2.05) is 24.3 Å². The molecule has 27 heavy (non-hydrogen) atoms. The van der Waals surface area contributed by atoms with E-state index in [-0.39, 0.29) is 17.2 Å². The zero-order valence-corrected chi connectivity index (χ0v) is 16.0. The molecule has 4 rings (SSSR count). The molecule has 0 saturated heterocycles. The number of aromatic nitrogens is 1. The lowest BCUT2D eigenvalue weighted by Gasteiger charge is -2.14. The van der Waals surface area contributed by atoms with Crippen molar-refractivity contribution in [1.82, 2.24) is 4.98 Å². The van der Waals surface area contributed by atoms with Crippen LogP contribution in [-0.4, -0.2) is 22.7 Å². The molecule has 0 unspecified atom stereocenters. The van der Waals surface area contributed by atoms with E-state index in [4.69, 9.17) is 0 Å². The number of nitrogens with zero attached hydrogens (tertiary/aromatic N) is 2. The fourth-order valence-corrected chi connectivity index (χ4v) is 3.16. The Morgan fingerprint density at radius 1 is 0.926 bits per heavy atom. The number of imide groups is 1. The topological polar surface area (TPSA) is 79.4 Å². The van der Waals surface area contributed by atoms with Gasteiger partial charge in [-0.3, -0.25) is 19.4 Å². The number of benzene rings is 2. The molecule has 0 radical (unpaired) electrons. The van der Waals surface area contributed by atoms with Crippen LogP contribution in [-0.2, 0) is 0 Å². The van der Waals surface area contributed by atoms with Crippen LogP contribution in [0, 0.1) is 3.57 Å². The van der Waals surface area contributed by atoms with E-state index in [0.717, 1.165) is 8.47 Å². The zero-order valence-electron chi connectivity index (χ0n) is 13.8. The predicted octanol–water partition coefficient (Wildman–Crippen LogP) is 3.74. The summed E-state index contributed by atoms with van der Waals surface area (Å²) in [7, 11) is 0. The van der Waals surface area contributed by atoms with Crippen LogP contribution in [0.5, 0.6) is 0 Å². The van der Waals surface area contributed by atoms with Gasteiger partial charge in [0.15, 0.2) is 0 Å². The van der Waals surface area contributed by atoms with Crippen LogP contribution in [0.2, 0.25) is 0 Å². The normalized spacial score (nSPS) is 12.9. The van der Waals surface area contributed by atoms with Crippen molar-refractivity contribution in [3.8, 4) is 0 Å². The maximum Gasteiger partial charge on any atom is 0.284 e. The van der Waals surface area contributed by atoms with Crippen molar-refractivity contribution in [2.45, 2.75) is 0 Å². The lowest BCUT2D eigenvalue weighted by Crippen LogP contribution is -2.29. The molecule has 0 spiro atoms. The number of nitrogens with one attached hydrogen (secondary N) is 1. The predicted molar refractivity (Wildman–Crippen MR) is 109 cm³/mol. The van der Waals surface area contributed by atoms with Gasteiger partial charge in [-0.25, -0.2) is 4.90 Å². The zero-order chi connectivity index (χ0) is 19.0. The first-order valence-electron chi connectivity index (χ1n) is 8.05. The van der Waals surface area contributed by atoms with E-state index in [1.54, 1.807) is 36.4 Å². The Morgan fingerprint density at radius 3 is 2.30 bits per heavy atom. The molecule has 0 bridgehead atoms. The molecule has 0 aliphatic carbocycles. The molecule has 2 heterocycles. The Hall–Kier alpha value is -3.07. The van der Waals surface area contributed by atoms with Crippen LogP contribution in [0.3, 0.4) is 0 Å². The summed E-state index contributed by atoms with van der Waals surface area (Å²) in [6.07, 6.45) is 1.48. The highest BCUT2D eigenvalue weighted by atomic mass is 127. The van der Waals surface area contributed by atoms with Gasteiger partial charge in [0.1, 0.15) is 5.69 Å². The van der Waals surface area contributed by atoms with Crippen LogP contribution >= 0.6 is 22.6 Å². The molecule has 0 fully saturated rings. The number of anilines is 2. The second-order valence-electron chi connectivity index (χ2n) is 5.85. The van der Waals surface area contributed by atoms with Crippen LogP contribution in [0.25, 0.3) is 0 Å². The molecule has 0 saturated carbocycles. The average molecular weight is 469 g/mol. The summed E-state index contributed by atoms with van der Waals surface area (Å²) in [6.45, 7) is 0. The highest BCUT2D eigenvalue weighted by Gasteiger charge is 2.37. The van der Waals surface area contributed by atoms with E-state index < -0.39 is 11.8 Å². The molecule has 0 atom stereocenters. The number of hydrogen-bond donors (Lipinski definition) is 1. The van der Waals surface area contributed by atoms with Crippen molar-refractivity contribution in [2.24, 2.45) is 0 Å². The molecule has 132 valence electrons. The third-order valence-electron chi connectivity index (χ3n) is 4.14. The summed E-state index contributed by atoms with van der Waals surface area (Å²) in [5.74, 6) is -1.15. The fraction of sp³-hybridized carbons (Fsp3) is 0. The molecular weight excluding hydrogens is 457 g/mol. The number of hydrogen-bond acceptors (Lipinski definition) is 4. The molecule has 3 aromatic rings. The van der Waals surface area contributed by atoms with Gasteiger partial charge in [-0.05, 0) is 83.3 Å². The molecule has 1 aromatic heterocycles. The van der Waals surface area contributed by atoms with Crippen molar-refractivity contribution in [3.05, 3.63) is 87.3 Å². The largest absolute Gasteiger partial charge is 0.322 e. The molecule has 7 heteroatoms. The monoisotopic (exact) mass is 469 g/mol. The third-order valence-corrected chi connectivity index (χ3v) is 4.86. The van der Waals surface area contributed by atoms with E-state index >= 15 is 0 Å². The van der Waals surface area contributed by atoms with Crippen LogP contribution in [0.4, 0.5) is 11.4 Å². The highest BCUT2D eigenvalue weighted by Crippen LogP contribution is 2.27. The van der Waals surface area contributed by atoms with Gasteiger partial charge < -0.3 is 5.32 Å². The van der Waals surface area contributed by atoms with Gasteiger partial charge >= 0.3 is 0 Å². The third kappa shape index (κ3) is 3.21. The van der Waals surface area contributed by atoms with Gasteiger partial charge in [0, 0.05) is 21.0 Å². The quantitative estimate of drug-likeness (QED) is 0.469. The van der Waals surface area contributed by atoms with Crippen LogP contribution in [0.1, 0.15) is 31.2 Å². The molecule has 1 aliphatic rings. The Morgan fingerprint density at radius 2 is 1.63 bits per heavy atom. The molecule has 3 amide bonds. The lowest BCUT2D eigenvalue weighted by molar-refractivity contribution is 0.0924. The second-order valence-corrected chi connectivity index (χ2v) is 7.10. The van der Waals surface area contributed by atoms with Crippen molar-refractivity contribution in [1.29, 1.82) is 0 Å². The average Bonchev–Trinajstić information content (AvgIpc) is 2.95. The van der Waals surface area contributed by atoms with Crippen LogP contribution in [0.15, 0.2) is 66.9 Å². The Bertz CT molecular complexity index is 1030. The SMILES string of the molecule is O=C(Nc1ccc(I)cc1)c1ccc(N2C(=O)c3cccnc3C2=O)cc1. The summed E-state index contributed by atoms with van der Waals surface area (Å²) >= 11 is 2.19. The van der Waals surface area contributed by atoms with Gasteiger partial charge in [-0.2, -0.15) is 0 Å². The minimum Gasteiger partial charge on any atom is -0.322 e. The Labute approximate surface area is 168 Å². The summed E-state index contributed by atoms with van der Waals surface area (Å²) < 4.78 is 1.07. The Kier molecular flexibility index (Phi) is 4.44. The van der Waals surface area contributed by atoms with Gasteiger partial charge in [-0.1, -0.05) is 0 Å². The molecular formula is C20H12IN3O3. The molecule has 1 aliphatic heterocycles. The fourth-order valence-electron chi connectivity index (χ4n) is 2.80. The smallest absolute Gasteiger partial charge is 0.284 e. The number of carbonyl (C=O) groups is 3. The van der Waals surface area contributed by atoms with Crippen molar-refractivity contribution in [3.63, 3.8) is 0 Å². The molecule has 2 aromatic carbocycles. The lowest BCUT2D eigenvalue weighted by atomic mass is 10.1. The maximum atomic E-state index is 12.5. The highest BCUT2D eigenvalue weighted by molar-refractivity contribution is 14.1. The number of rotatable bonds is 3. The van der Waals surface area contributed by atoms with E-state index in [0.29, 0.717) is 16.9 Å². The van der Waals surface area contributed by atoms with E-state index in [9.17, 15) is 14.4 Å². The van der Waals surface area contributed by atoms with E-state index in [1.165, 1.54) is 6.20 Å². The van der Waals surface area contributed by atoms with Crippen molar-refractivity contribution >= 4 is 51.7 Å². The first kappa shape index (κ1) is 17.3. The maximum absolute atomic E-state index is 12.5. The first-order valence-corrected chi connectivity index (χ1v) is 9.13. The summed E-state index contributed by atoms with van der Waals surface area (Å²) in [5.41, 5.74) is 1.93. The molecule has 1 N–H and O–H groups in total. The number of amides is 3. The van der Waals surface area contributed by atoms with Crippen molar-refractivity contribution < 1.29 is 14.4 Å². The van der Waals surface area contributed by atoms with Gasteiger partial charge in [0.25, 0.3) is 17.7 Å². The van der Waals surface area contributed by atoms with E-state index in [2.05, 4.69) is 32.9 Å². The summed E-state index contributed by atoms with van der Waals surface area (Å²) in [4.78, 5) is 42.4. The minimum atomic E-state index is -0.466. The first-order chi connectivity index (χ1) is 13.0. The van der Waals surface area contributed by atoms with Gasteiger partial charge in [0.2, 0.25) is 0 Å². The summed E-state index contributed by atoms with van der Waals surface area (Å²) in [5, 5.41) is 2.81. The standard InChI is InChI=1S/C20H12IN3O3/c21-13-5-7-14(8-6-13)23-18(25)12-3-9-15(10-4-12)24-19(26)16-2-1-11-22-17(16)20(24)27/h1-11H,(H,23,25). The number of carbonyl (C=O) groups excluding carboxylic acids is 3. The number of fused-ring (bicyclic) bond motifs is 1. The van der Waals surface area contributed by atoms with Crippen LogP contribution < -0.4 is 10.2 Å². The number of pyridine rings is 1. The van der Waals surface area contributed by atoms with Gasteiger partial charge in [0.05, 0.1) is 11.3 Å².